The van der Waals surface area contributed by atoms with Crippen LogP contribution in [0.4, 0.5) is 0 Å². The van der Waals surface area contributed by atoms with Crippen LogP contribution in [0.5, 0.6) is 0 Å². The van der Waals surface area contributed by atoms with Crippen molar-refractivity contribution in [2.45, 2.75) is 25.4 Å². The minimum Gasteiger partial charge on any atom is -0.378 e. The van der Waals surface area contributed by atoms with Crippen LogP contribution in [0, 0.1) is 5.92 Å². The lowest BCUT2D eigenvalue weighted by molar-refractivity contribution is -0.126. The highest BCUT2D eigenvalue weighted by Gasteiger charge is 2.35. The summed E-state index contributed by atoms with van der Waals surface area (Å²) >= 11 is 0. The largest absolute Gasteiger partial charge is 0.378 e. The van der Waals surface area contributed by atoms with Crippen LogP contribution < -0.4 is 10.6 Å². The maximum Gasteiger partial charge on any atom is 0.239 e. The number of hydrogen-bond donors (Lipinski definition) is 2. The quantitative estimate of drug-likeness (QED) is 0.608. The van der Waals surface area contributed by atoms with Gasteiger partial charge in [-0.3, -0.25) is 4.79 Å². The van der Waals surface area contributed by atoms with E-state index in [4.69, 9.17) is 4.74 Å². The summed E-state index contributed by atoms with van der Waals surface area (Å²) in [7, 11) is 0. The first-order valence-electron chi connectivity index (χ1n) is 4.89. The van der Waals surface area contributed by atoms with Crippen molar-refractivity contribution in [3.8, 4) is 0 Å². The molecular formula is C9H16N2O2. The first kappa shape index (κ1) is 8.97. The molecule has 0 aromatic rings. The zero-order valence-corrected chi connectivity index (χ0v) is 7.88. The lowest BCUT2D eigenvalue weighted by Gasteiger charge is -2.22. The molecule has 1 aliphatic carbocycles. The summed E-state index contributed by atoms with van der Waals surface area (Å²) in [5.41, 5.74) is 0. The SMILES string of the molecule is CC1CC1NC(=O)C1COCCN1. The molecule has 4 nitrogen and oxygen atoms in total. The highest BCUT2D eigenvalue weighted by molar-refractivity contribution is 5.82. The molecule has 0 spiro atoms. The molecule has 0 bridgehead atoms. The molecule has 3 unspecified atom stereocenters. The first-order chi connectivity index (χ1) is 6.27. The number of morpholine rings is 1. The van der Waals surface area contributed by atoms with Crippen molar-refractivity contribution in [2.24, 2.45) is 5.92 Å². The Morgan fingerprint density at radius 2 is 2.38 bits per heavy atom. The number of hydrogen-bond acceptors (Lipinski definition) is 3. The van der Waals surface area contributed by atoms with Gasteiger partial charge in [0, 0.05) is 12.6 Å². The van der Waals surface area contributed by atoms with Gasteiger partial charge in [0.15, 0.2) is 0 Å². The van der Waals surface area contributed by atoms with Crippen molar-refractivity contribution in [3.63, 3.8) is 0 Å². The van der Waals surface area contributed by atoms with Crippen LogP contribution in [-0.4, -0.2) is 37.7 Å². The summed E-state index contributed by atoms with van der Waals surface area (Å²) < 4.78 is 5.21. The predicted molar refractivity (Wildman–Crippen MR) is 48.3 cm³/mol. The van der Waals surface area contributed by atoms with Crippen molar-refractivity contribution >= 4 is 5.91 Å². The molecule has 2 aliphatic rings. The molecule has 1 amide bonds. The fraction of sp³-hybridized carbons (Fsp3) is 0.889. The molecule has 0 aromatic heterocycles. The zero-order chi connectivity index (χ0) is 9.26. The molecule has 74 valence electrons. The summed E-state index contributed by atoms with van der Waals surface area (Å²) in [6, 6.07) is 0.276. The van der Waals surface area contributed by atoms with Gasteiger partial charge in [-0.15, -0.1) is 0 Å². The van der Waals surface area contributed by atoms with E-state index in [9.17, 15) is 4.79 Å². The average Bonchev–Trinajstić information content (AvgIpc) is 2.83. The van der Waals surface area contributed by atoms with Gasteiger partial charge in [0.05, 0.1) is 13.2 Å². The molecule has 4 heteroatoms. The van der Waals surface area contributed by atoms with E-state index in [1.54, 1.807) is 0 Å². The van der Waals surface area contributed by atoms with Gasteiger partial charge in [0.2, 0.25) is 5.91 Å². The number of rotatable bonds is 2. The molecule has 0 aromatic carbocycles. The van der Waals surface area contributed by atoms with Crippen LogP contribution in [-0.2, 0) is 9.53 Å². The van der Waals surface area contributed by atoms with Gasteiger partial charge in [-0.05, 0) is 12.3 Å². The molecule has 1 aliphatic heterocycles. The second-order valence-corrected chi connectivity index (χ2v) is 3.91. The second kappa shape index (κ2) is 3.64. The number of ether oxygens (including phenoxy) is 1. The number of carbonyl (C=O) groups excluding carboxylic acids is 1. The topological polar surface area (TPSA) is 50.4 Å². The van der Waals surface area contributed by atoms with Crippen LogP contribution in [0.2, 0.25) is 0 Å². The van der Waals surface area contributed by atoms with Crippen molar-refractivity contribution in [3.05, 3.63) is 0 Å². The molecule has 2 rings (SSSR count). The lowest BCUT2D eigenvalue weighted by Crippen LogP contribution is -2.51. The predicted octanol–water partition coefficient (Wildman–Crippen LogP) is -0.501. The maximum absolute atomic E-state index is 11.5. The first-order valence-corrected chi connectivity index (χ1v) is 4.89. The molecule has 2 fully saturated rings. The Bertz CT molecular complexity index is 202. The fourth-order valence-electron chi connectivity index (χ4n) is 1.54. The Kier molecular flexibility index (Phi) is 2.51. The Balaban J connectivity index is 1.75. The van der Waals surface area contributed by atoms with Gasteiger partial charge in [-0.1, -0.05) is 6.92 Å². The molecular weight excluding hydrogens is 168 g/mol. The maximum atomic E-state index is 11.5. The molecule has 2 N–H and O–H groups in total. The van der Waals surface area contributed by atoms with Gasteiger partial charge in [0.1, 0.15) is 6.04 Å². The smallest absolute Gasteiger partial charge is 0.239 e. The van der Waals surface area contributed by atoms with Crippen LogP contribution >= 0.6 is 0 Å². The van der Waals surface area contributed by atoms with E-state index in [1.807, 2.05) is 0 Å². The van der Waals surface area contributed by atoms with Gasteiger partial charge >= 0.3 is 0 Å². The van der Waals surface area contributed by atoms with Crippen molar-refractivity contribution < 1.29 is 9.53 Å². The minimum absolute atomic E-state index is 0.0917. The Hall–Kier alpha value is -0.610. The third-order valence-electron chi connectivity index (χ3n) is 2.68. The molecule has 0 radical (unpaired) electrons. The van der Waals surface area contributed by atoms with E-state index in [-0.39, 0.29) is 11.9 Å². The van der Waals surface area contributed by atoms with Gasteiger partial charge in [0.25, 0.3) is 0 Å². The van der Waals surface area contributed by atoms with Crippen molar-refractivity contribution in [1.82, 2.24) is 10.6 Å². The number of carbonyl (C=O) groups is 1. The Labute approximate surface area is 78.0 Å². The summed E-state index contributed by atoms with van der Waals surface area (Å²) in [4.78, 5) is 11.5. The molecule has 1 saturated heterocycles. The number of amides is 1. The highest BCUT2D eigenvalue weighted by Crippen LogP contribution is 2.28. The van der Waals surface area contributed by atoms with Crippen molar-refractivity contribution in [1.29, 1.82) is 0 Å². The summed E-state index contributed by atoms with van der Waals surface area (Å²) in [5.74, 6) is 0.752. The van der Waals surface area contributed by atoms with E-state index in [2.05, 4.69) is 17.6 Å². The van der Waals surface area contributed by atoms with E-state index >= 15 is 0 Å². The second-order valence-electron chi connectivity index (χ2n) is 3.91. The van der Waals surface area contributed by atoms with Crippen LogP contribution in [0.3, 0.4) is 0 Å². The minimum atomic E-state index is -0.137. The van der Waals surface area contributed by atoms with Crippen molar-refractivity contribution in [2.75, 3.05) is 19.8 Å². The third-order valence-corrected chi connectivity index (χ3v) is 2.68. The average molecular weight is 184 g/mol. The third kappa shape index (κ3) is 2.19. The van der Waals surface area contributed by atoms with E-state index < -0.39 is 0 Å². The molecule has 1 heterocycles. The molecule has 3 atom stereocenters. The molecule has 13 heavy (non-hydrogen) atoms. The standard InChI is InChI=1S/C9H16N2O2/c1-6-4-7(6)11-9(12)8-5-13-3-2-10-8/h6-8,10H,2-5H2,1H3,(H,11,12). The monoisotopic (exact) mass is 184 g/mol. The van der Waals surface area contributed by atoms with E-state index in [0.29, 0.717) is 25.2 Å². The molecule has 1 saturated carbocycles. The van der Waals surface area contributed by atoms with Crippen LogP contribution in [0.15, 0.2) is 0 Å². The van der Waals surface area contributed by atoms with E-state index in [0.717, 1.165) is 13.0 Å². The van der Waals surface area contributed by atoms with Gasteiger partial charge in [-0.25, -0.2) is 0 Å². The van der Waals surface area contributed by atoms with Gasteiger partial charge < -0.3 is 15.4 Å². The summed E-state index contributed by atoms with van der Waals surface area (Å²) in [6.07, 6.45) is 1.12. The zero-order valence-electron chi connectivity index (χ0n) is 7.88. The lowest BCUT2D eigenvalue weighted by atomic mass is 10.2. The fourth-order valence-corrected chi connectivity index (χ4v) is 1.54. The summed E-state index contributed by atoms with van der Waals surface area (Å²) in [6.45, 7) is 4.14. The van der Waals surface area contributed by atoms with Crippen LogP contribution in [0.1, 0.15) is 13.3 Å². The van der Waals surface area contributed by atoms with Gasteiger partial charge in [-0.2, -0.15) is 0 Å². The van der Waals surface area contributed by atoms with E-state index in [1.165, 1.54) is 0 Å². The Morgan fingerprint density at radius 3 is 2.92 bits per heavy atom. The normalized spacial score (nSPS) is 38.4. The Morgan fingerprint density at radius 1 is 1.62 bits per heavy atom. The highest BCUT2D eigenvalue weighted by atomic mass is 16.5. The summed E-state index contributed by atoms with van der Waals surface area (Å²) in [5, 5.41) is 6.12. The number of nitrogens with one attached hydrogen (secondary N) is 2. The van der Waals surface area contributed by atoms with Crippen LogP contribution in [0.25, 0.3) is 0 Å².